The van der Waals surface area contributed by atoms with Crippen molar-refractivity contribution in [2.75, 3.05) is 37.0 Å². The number of nitrogens with zero attached hydrogens (tertiary/aromatic N) is 2. The van der Waals surface area contributed by atoms with Crippen LogP contribution in [0.1, 0.15) is 12.0 Å². The van der Waals surface area contributed by atoms with Gasteiger partial charge in [-0.15, -0.1) is 0 Å². The van der Waals surface area contributed by atoms with Crippen molar-refractivity contribution in [3.8, 4) is 0 Å². The normalized spacial score (nSPS) is 19.9. The van der Waals surface area contributed by atoms with Crippen molar-refractivity contribution in [2.24, 2.45) is 5.73 Å². The molecule has 1 aromatic rings. The molecule has 0 saturated carbocycles. The zero-order valence-corrected chi connectivity index (χ0v) is 10.4. The van der Waals surface area contributed by atoms with E-state index in [4.69, 9.17) is 5.73 Å². The van der Waals surface area contributed by atoms with E-state index in [9.17, 15) is 0 Å². The minimum absolute atomic E-state index is 0.533. The summed E-state index contributed by atoms with van der Waals surface area (Å²) in [5.74, 6) is 0. The summed E-state index contributed by atoms with van der Waals surface area (Å²) in [5.41, 5.74) is 9.63. The molecule has 0 amide bonds. The third-order valence-electron chi connectivity index (χ3n) is 3.45. The van der Waals surface area contributed by atoms with Gasteiger partial charge < -0.3 is 15.5 Å². The molecule has 0 saturated heterocycles. The van der Waals surface area contributed by atoms with E-state index in [-0.39, 0.29) is 0 Å². The second-order valence-corrected chi connectivity index (χ2v) is 4.71. The first kappa shape index (κ1) is 11.3. The maximum atomic E-state index is 5.67. The molecule has 3 nitrogen and oxygen atoms in total. The number of aryl methyl sites for hydroxylation is 1. The zero-order valence-electron chi connectivity index (χ0n) is 10.4. The van der Waals surface area contributed by atoms with Gasteiger partial charge in [0, 0.05) is 26.7 Å². The molecule has 1 unspecified atom stereocenters. The van der Waals surface area contributed by atoms with E-state index in [0.717, 1.165) is 19.5 Å². The van der Waals surface area contributed by atoms with Gasteiger partial charge in [0.05, 0.1) is 11.4 Å². The highest BCUT2D eigenvalue weighted by molar-refractivity contribution is 5.74. The number of likely N-dealkylation sites (N-methyl/N-ethyl adjacent to an activating group) is 2. The highest BCUT2D eigenvalue weighted by atomic mass is 15.3. The molecule has 0 aromatic heterocycles. The van der Waals surface area contributed by atoms with Crippen LogP contribution in [0.15, 0.2) is 18.2 Å². The number of anilines is 2. The molecular formula is C13H21N3. The number of rotatable bonds is 2. The Labute approximate surface area is 97.8 Å². The number of nitrogens with two attached hydrogens (primary N) is 1. The summed E-state index contributed by atoms with van der Waals surface area (Å²) >= 11 is 0. The predicted molar refractivity (Wildman–Crippen MR) is 70.3 cm³/mol. The number of fused-ring (bicyclic) bond motifs is 1. The summed E-state index contributed by atoms with van der Waals surface area (Å²) in [6, 6.07) is 7.17. The topological polar surface area (TPSA) is 32.5 Å². The van der Waals surface area contributed by atoms with Crippen LogP contribution < -0.4 is 15.5 Å². The Balaban J connectivity index is 2.35. The van der Waals surface area contributed by atoms with Crippen molar-refractivity contribution in [2.45, 2.75) is 19.4 Å². The molecule has 0 radical (unpaired) electrons. The SMILES string of the molecule is Cc1ccc2c(c1)N(C)CC(CCN)N2C. The quantitative estimate of drug-likeness (QED) is 0.820. The van der Waals surface area contributed by atoms with Gasteiger partial charge in [0.1, 0.15) is 0 Å². The van der Waals surface area contributed by atoms with Crippen molar-refractivity contribution in [3.05, 3.63) is 23.8 Å². The lowest BCUT2D eigenvalue weighted by Gasteiger charge is -2.41. The minimum atomic E-state index is 0.533. The molecule has 16 heavy (non-hydrogen) atoms. The third kappa shape index (κ3) is 1.87. The maximum Gasteiger partial charge on any atom is 0.0604 e. The molecule has 2 N–H and O–H groups in total. The van der Waals surface area contributed by atoms with Crippen LogP contribution >= 0.6 is 0 Å². The van der Waals surface area contributed by atoms with Gasteiger partial charge in [-0.05, 0) is 37.6 Å². The van der Waals surface area contributed by atoms with E-state index < -0.39 is 0 Å². The lowest BCUT2D eigenvalue weighted by Crippen LogP contribution is -2.46. The minimum Gasteiger partial charge on any atom is -0.371 e. The van der Waals surface area contributed by atoms with Gasteiger partial charge in [-0.2, -0.15) is 0 Å². The van der Waals surface area contributed by atoms with Gasteiger partial charge in [-0.3, -0.25) is 0 Å². The second-order valence-electron chi connectivity index (χ2n) is 4.71. The van der Waals surface area contributed by atoms with Gasteiger partial charge >= 0.3 is 0 Å². The lowest BCUT2D eigenvalue weighted by molar-refractivity contribution is 0.567. The summed E-state index contributed by atoms with van der Waals surface area (Å²) in [7, 11) is 4.33. The van der Waals surface area contributed by atoms with E-state index in [1.54, 1.807) is 0 Å². The summed E-state index contributed by atoms with van der Waals surface area (Å²) in [6.45, 7) is 3.95. The molecule has 1 aliphatic rings. The van der Waals surface area contributed by atoms with Crippen LogP contribution in [0, 0.1) is 6.92 Å². The van der Waals surface area contributed by atoms with E-state index >= 15 is 0 Å². The summed E-state index contributed by atoms with van der Waals surface area (Å²) in [4.78, 5) is 4.70. The molecule has 88 valence electrons. The van der Waals surface area contributed by atoms with E-state index in [2.05, 4.69) is 49.0 Å². The van der Waals surface area contributed by atoms with Gasteiger partial charge in [-0.1, -0.05) is 6.07 Å². The summed E-state index contributed by atoms with van der Waals surface area (Å²) in [5, 5.41) is 0. The molecule has 2 rings (SSSR count). The monoisotopic (exact) mass is 219 g/mol. The van der Waals surface area contributed by atoms with Crippen molar-refractivity contribution in [3.63, 3.8) is 0 Å². The number of benzene rings is 1. The molecular weight excluding hydrogens is 198 g/mol. The van der Waals surface area contributed by atoms with Gasteiger partial charge in [-0.25, -0.2) is 0 Å². The number of hydrogen-bond donors (Lipinski definition) is 1. The van der Waals surface area contributed by atoms with Crippen LogP contribution in [0.4, 0.5) is 11.4 Å². The Morgan fingerprint density at radius 1 is 1.31 bits per heavy atom. The van der Waals surface area contributed by atoms with Crippen LogP contribution in [-0.2, 0) is 0 Å². The standard InChI is InChI=1S/C13H21N3/c1-10-4-5-12-13(8-10)15(2)9-11(6-7-14)16(12)3/h4-5,8,11H,6-7,9,14H2,1-3H3. The van der Waals surface area contributed by atoms with Crippen LogP contribution in [0.3, 0.4) is 0 Å². The Hall–Kier alpha value is -1.22. The Morgan fingerprint density at radius 3 is 2.75 bits per heavy atom. The Morgan fingerprint density at radius 2 is 2.06 bits per heavy atom. The molecule has 0 bridgehead atoms. The molecule has 0 fully saturated rings. The molecule has 0 spiro atoms. The Kier molecular flexibility index (Phi) is 3.06. The van der Waals surface area contributed by atoms with E-state index in [0.29, 0.717) is 6.04 Å². The first-order valence-electron chi connectivity index (χ1n) is 5.88. The largest absolute Gasteiger partial charge is 0.371 e. The second kappa shape index (κ2) is 4.34. The number of hydrogen-bond acceptors (Lipinski definition) is 3. The van der Waals surface area contributed by atoms with E-state index in [1.165, 1.54) is 16.9 Å². The molecule has 3 heteroatoms. The van der Waals surface area contributed by atoms with Gasteiger partial charge in [0.15, 0.2) is 0 Å². The highest BCUT2D eigenvalue weighted by Crippen LogP contribution is 2.34. The average molecular weight is 219 g/mol. The molecule has 0 aliphatic carbocycles. The van der Waals surface area contributed by atoms with Crippen molar-refractivity contribution < 1.29 is 0 Å². The van der Waals surface area contributed by atoms with Crippen LogP contribution in [-0.4, -0.2) is 33.2 Å². The van der Waals surface area contributed by atoms with Crippen molar-refractivity contribution in [1.29, 1.82) is 0 Å². The third-order valence-corrected chi connectivity index (χ3v) is 3.45. The van der Waals surface area contributed by atoms with Crippen LogP contribution in [0.25, 0.3) is 0 Å². The van der Waals surface area contributed by atoms with Crippen molar-refractivity contribution >= 4 is 11.4 Å². The molecule has 1 aliphatic heterocycles. The first-order chi connectivity index (χ1) is 7.63. The van der Waals surface area contributed by atoms with Gasteiger partial charge in [0.25, 0.3) is 0 Å². The summed E-state index contributed by atoms with van der Waals surface area (Å²) < 4.78 is 0. The molecule has 1 atom stereocenters. The average Bonchev–Trinajstić information content (AvgIpc) is 2.26. The highest BCUT2D eigenvalue weighted by Gasteiger charge is 2.25. The fourth-order valence-corrected chi connectivity index (χ4v) is 2.45. The van der Waals surface area contributed by atoms with Gasteiger partial charge in [0.2, 0.25) is 0 Å². The predicted octanol–water partition coefficient (Wildman–Crippen LogP) is 1.60. The molecule has 1 heterocycles. The van der Waals surface area contributed by atoms with E-state index in [1.807, 2.05) is 0 Å². The fourth-order valence-electron chi connectivity index (χ4n) is 2.45. The first-order valence-corrected chi connectivity index (χ1v) is 5.88. The summed E-state index contributed by atoms with van der Waals surface area (Å²) in [6.07, 6.45) is 1.05. The van der Waals surface area contributed by atoms with Crippen LogP contribution in [0.5, 0.6) is 0 Å². The Bertz CT molecular complexity index is 375. The van der Waals surface area contributed by atoms with Crippen LogP contribution in [0.2, 0.25) is 0 Å². The fraction of sp³-hybridized carbons (Fsp3) is 0.538. The smallest absolute Gasteiger partial charge is 0.0604 e. The lowest BCUT2D eigenvalue weighted by atomic mass is 10.0. The van der Waals surface area contributed by atoms with Crippen molar-refractivity contribution in [1.82, 2.24) is 0 Å². The maximum absolute atomic E-state index is 5.67. The zero-order chi connectivity index (χ0) is 11.7. The molecule has 1 aromatic carbocycles.